The van der Waals surface area contributed by atoms with E-state index in [9.17, 15) is 18.0 Å². The maximum Gasteiger partial charge on any atom is 0.471 e. The molecule has 0 radical (unpaired) electrons. The monoisotopic (exact) mass is 366 g/mol. The van der Waals surface area contributed by atoms with Crippen molar-refractivity contribution in [3.63, 3.8) is 0 Å². The second-order valence-corrected chi connectivity index (χ2v) is 5.56. The number of hydrogen-bond donors (Lipinski definition) is 1. The van der Waals surface area contributed by atoms with E-state index in [2.05, 4.69) is 20.8 Å². The predicted molar refractivity (Wildman–Crippen MR) is 74.9 cm³/mol. The highest BCUT2D eigenvalue weighted by molar-refractivity contribution is 9.10. The Kier molecular flexibility index (Phi) is 5.23. The van der Waals surface area contributed by atoms with Crippen LogP contribution in [0.5, 0.6) is 0 Å². The molecule has 0 bridgehead atoms. The number of carbonyl (C=O) groups is 1. The van der Waals surface area contributed by atoms with Crippen LogP contribution in [0.4, 0.5) is 18.9 Å². The molecule has 1 aromatic carbocycles. The molecule has 1 aliphatic heterocycles. The van der Waals surface area contributed by atoms with E-state index >= 15 is 0 Å². The lowest BCUT2D eigenvalue weighted by Gasteiger charge is -2.27. The number of nitrogens with zero attached hydrogens (tertiary/aromatic N) is 1. The van der Waals surface area contributed by atoms with Crippen LogP contribution in [0.15, 0.2) is 22.7 Å². The van der Waals surface area contributed by atoms with Gasteiger partial charge >= 0.3 is 12.1 Å². The first-order valence-electron chi connectivity index (χ1n) is 6.33. The number of alkyl halides is 3. The number of benzene rings is 1. The van der Waals surface area contributed by atoms with Crippen LogP contribution in [0, 0.1) is 0 Å². The van der Waals surface area contributed by atoms with Gasteiger partial charge in [-0.05, 0) is 17.7 Å². The zero-order chi connectivity index (χ0) is 15.5. The third kappa shape index (κ3) is 4.69. The van der Waals surface area contributed by atoms with E-state index in [-0.39, 0.29) is 5.69 Å². The number of hydrogen-bond acceptors (Lipinski definition) is 3. The zero-order valence-electron chi connectivity index (χ0n) is 11.0. The number of carbonyl (C=O) groups excluding carboxylic acids is 1. The van der Waals surface area contributed by atoms with E-state index in [1.165, 1.54) is 6.07 Å². The molecule has 1 saturated heterocycles. The quantitative estimate of drug-likeness (QED) is 0.894. The minimum Gasteiger partial charge on any atom is -0.379 e. The standard InChI is InChI=1S/C13H14BrF3N2O2/c14-10-2-1-9(8-19-3-5-21-6-4-19)11(7-10)18-12(20)13(15,16)17/h1-2,7H,3-6,8H2,(H,18,20). The van der Waals surface area contributed by atoms with Crippen molar-refractivity contribution in [3.8, 4) is 0 Å². The van der Waals surface area contributed by atoms with Gasteiger partial charge in [0.1, 0.15) is 0 Å². The van der Waals surface area contributed by atoms with Crippen LogP contribution in [0.3, 0.4) is 0 Å². The van der Waals surface area contributed by atoms with E-state index in [0.717, 1.165) is 0 Å². The summed E-state index contributed by atoms with van der Waals surface area (Å²) in [6, 6.07) is 4.91. The molecule has 116 valence electrons. The maximum absolute atomic E-state index is 12.4. The van der Waals surface area contributed by atoms with Crippen LogP contribution in [0.25, 0.3) is 0 Å². The van der Waals surface area contributed by atoms with Crippen LogP contribution >= 0.6 is 15.9 Å². The lowest BCUT2D eigenvalue weighted by atomic mass is 10.1. The van der Waals surface area contributed by atoms with Crippen molar-refractivity contribution >= 4 is 27.5 Å². The van der Waals surface area contributed by atoms with Crippen molar-refractivity contribution in [2.75, 3.05) is 31.6 Å². The summed E-state index contributed by atoms with van der Waals surface area (Å²) < 4.78 is 43.0. The van der Waals surface area contributed by atoms with Crippen LogP contribution in [0.2, 0.25) is 0 Å². The Labute approximate surface area is 128 Å². The van der Waals surface area contributed by atoms with Crippen molar-refractivity contribution in [1.29, 1.82) is 0 Å². The van der Waals surface area contributed by atoms with E-state index in [0.29, 0.717) is 42.9 Å². The Morgan fingerprint density at radius 3 is 2.62 bits per heavy atom. The largest absolute Gasteiger partial charge is 0.471 e. The van der Waals surface area contributed by atoms with Gasteiger partial charge in [-0.1, -0.05) is 22.0 Å². The molecular formula is C13H14BrF3N2O2. The molecule has 1 N–H and O–H groups in total. The highest BCUT2D eigenvalue weighted by atomic mass is 79.9. The predicted octanol–water partition coefficient (Wildman–Crippen LogP) is 2.78. The number of amides is 1. The number of morpholine rings is 1. The number of halogens is 4. The van der Waals surface area contributed by atoms with Crippen LogP contribution in [-0.4, -0.2) is 43.3 Å². The SMILES string of the molecule is O=C(Nc1cc(Br)ccc1CN1CCOCC1)C(F)(F)F. The molecule has 21 heavy (non-hydrogen) atoms. The first-order valence-corrected chi connectivity index (χ1v) is 7.12. The maximum atomic E-state index is 12.4. The summed E-state index contributed by atoms with van der Waals surface area (Å²) in [6.07, 6.45) is -4.90. The molecule has 0 spiro atoms. The van der Waals surface area contributed by atoms with Gasteiger partial charge in [-0.2, -0.15) is 13.2 Å². The highest BCUT2D eigenvalue weighted by Gasteiger charge is 2.39. The Morgan fingerprint density at radius 1 is 1.33 bits per heavy atom. The van der Waals surface area contributed by atoms with Gasteiger partial charge < -0.3 is 10.1 Å². The Hall–Kier alpha value is -1.12. The highest BCUT2D eigenvalue weighted by Crippen LogP contribution is 2.25. The fraction of sp³-hybridized carbons (Fsp3) is 0.462. The Bertz CT molecular complexity index is 517. The lowest BCUT2D eigenvalue weighted by Crippen LogP contribution is -2.36. The van der Waals surface area contributed by atoms with Gasteiger partial charge in [-0.15, -0.1) is 0 Å². The van der Waals surface area contributed by atoms with Crippen LogP contribution in [-0.2, 0) is 16.1 Å². The molecule has 0 aliphatic carbocycles. The van der Waals surface area contributed by atoms with E-state index in [1.54, 1.807) is 12.1 Å². The van der Waals surface area contributed by atoms with Gasteiger partial charge in [0, 0.05) is 29.8 Å². The van der Waals surface area contributed by atoms with Gasteiger partial charge in [0.05, 0.1) is 13.2 Å². The first-order chi connectivity index (χ1) is 9.86. The number of ether oxygens (including phenoxy) is 1. The van der Waals surface area contributed by atoms with Gasteiger partial charge in [-0.25, -0.2) is 0 Å². The van der Waals surface area contributed by atoms with Crippen molar-refractivity contribution in [3.05, 3.63) is 28.2 Å². The molecule has 1 fully saturated rings. The minimum absolute atomic E-state index is 0.165. The molecule has 1 aromatic rings. The molecule has 0 unspecified atom stereocenters. The fourth-order valence-corrected chi connectivity index (χ4v) is 2.36. The normalized spacial score (nSPS) is 16.8. The fourth-order valence-electron chi connectivity index (χ4n) is 2.00. The molecule has 0 aromatic heterocycles. The second-order valence-electron chi connectivity index (χ2n) is 4.64. The number of nitrogens with one attached hydrogen (secondary N) is 1. The van der Waals surface area contributed by atoms with Crippen molar-refractivity contribution in [1.82, 2.24) is 4.90 Å². The van der Waals surface area contributed by atoms with Crippen molar-refractivity contribution in [2.45, 2.75) is 12.7 Å². The van der Waals surface area contributed by atoms with Gasteiger partial charge in [0.25, 0.3) is 0 Å². The first kappa shape index (κ1) is 16.3. The molecule has 2 rings (SSSR count). The van der Waals surface area contributed by atoms with Crippen LogP contribution < -0.4 is 5.32 Å². The summed E-state index contributed by atoms with van der Waals surface area (Å²) in [5, 5.41) is 1.93. The topological polar surface area (TPSA) is 41.6 Å². The summed E-state index contributed by atoms with van der Waals surface area (Å²) >= 11 is 3.20. The summed E-state index contributed by atoms with van der Waals surface area (Å²) in [7, 11) is 0. The van der Waals surface area contributed by atoms with Crippen molar-refractivity contribution < 1.29 is 22.7 Å². The molecule has 8 heteroatoms. The smallest absolute Gasteiger partial charge is 0.379 e. The summed E-state index contributed by atoms with van der Waals surface area (Å²) in [6.45, 7) is 3.08. The Balaban J connectivity index is 2.15. The van der Waals surface area contributed by atoms with Crippen LogP contribution in [0.1, 0.15) is 5.56 Å². The van der Waals surface area contributed by atoms with E-state index in [4.69, 9.17) is 4.74 Å². The second kappa shape index (κ2) is 6.76. The molecule has 1 heterocycles. The summed E-state index contributed by atoms with van der Waals surface area (Å²) in [5.41, 5.74) is 0.802. The average Bonchev–Trinajstić information content (AvgIpc) is 2.42. The Morgan fingerprint density at radius 2 is 2.00 bits per heavy atom. The molecule has 0 atom stereocenters. The van der Waals surface area contributed by atoms with E-state index < -0.39 is 12.1 Å². The van der Waals surface area contributed by atoms with E-state index in [1.807, 2.05) is 5.32 Å². The zero-order valence-corrected chi connectivity index (χ0v) is 12.6. The molecule has 4 nitrogen and oxygen atoms in total. The molecule has 0 saturated carbocycles. The van der Waals surface area contributed by atoms with Gasteiger partial charge in [0.15, 0.2) is 0 Å². The molecular weight excluding hydrogens is 353 g/mol. The van der Waals surface area contributed by atoms with Gasteiger partial charge in [-0.3, -0.25) is 9.69 Å². The number of anilines is 1. The third-order valence-electron chi connectivity index (χ3n) is 3.08. The summed E-state index contributed by atoms with van der Waals surface area (Å²) in [5.74, 6) is -1.97. The van der Waals surface area contributed by atoms with Crippen molar-refractivity contribution in [2.24, 2.45) is 0 Å². The minimum atomic E-state index is -4.90. The lowest BCUT2D eigenvalue weighted by molar-refractivity contribution is -0.167. The van der Waals surface area contributed by atoms with Gasteiger partial charge in [0.2, 0.25) is 0 Å². The number of rotatable bonds is 3. The molecule has 1 aliphatic rings. The average molecular weight is 367 g/mol. The third-order valence-corrected chi connectivity index (χ3v) is 3.57. The molecule has 1 amide bonds. The summed E-state index contributed by atoms with van der Waals surface area (Å²) in [4.78, 5) is 13.2.